The third-order valence-electron chi connectivity index (χ3n) is 3.64. The van der Waals surface area contributed by atoms with E-state index in [1.165, 1.54) is 16.8 Å². The monoisotopic (exact) mass is 302 g/mol. The first-order valence-electron chi connectivity index (χ1n) is 7.52. The number of anilines is 1. The van der Waals surface area contributed by atoms with Crippen molar-refractivity contribution in [2.24, 2.45) is 0 Å². The van der Waals surface area contributed by atoms with Crippen LogP contribution in [0.1, 0.15) is 25.0 Å². The normalized spacial score (nSPS) is 10.6. The fraction of sp³-hybridized carbons (Fsp3) is 0.333. The first-order chi connectivity index (χ1) is 10.2. The minimum absolute atomic E-state index is 0.783. The molecule has 0 saturated carbocycles. The second kappa shape index (κ2) is 8.06. The maximum Gasteiger partial charge on any atom is 0.0406 e. The second-order valence-corrected chi connectivity index (χ2v) is 5.51. The van der Waals surface area contributed by atoms with Crippen LogP contribution in [-0.2, 0) is 13.1 Å². The molecule has 0 aromatic heterocycles. The Labute approximate surface area is 132 Å². The second-order valence-electron chi connectivity index (χ2n) is 5.07. The van der Waals surface area contributed by atoms with Crippen molar-refractivity contribution in [3.8, 4) is 0 Å². The van der Waals surface area contributed by atoms with Crippen LogP contribution in [-0.4, -0.2) is 13.1 Å². The SMILES string of the molecule is CCN(CC)c1ccc(CNCc2ccc(Cl)cc2)cc1. The summed E-state index contributed by atoms with van der Waals surface area (Å²) in [5, 5.41) is 4.24. The van der Waals surface area contributed by atoms with E-state index in [0.29, 0.717) is 0 Å². The number of benzene rings is 2. The van der Waals surface area contributed by atoms with Crippen LogP contribution in [0.15, 0.2) is 48.5 Å². The maximum atomic E-state index is 5.88. The molecule has 2 rings (SSSR count). The Morgan fingerprint density at radius 1 is 0.810 bits per heavy atom. The van der Waals surface area contributed by atoms with Crippen molar-refractivity contribution in [2.45, 2.75) is 26.9 Å². The summed E-state index contributed by atoms with van der Waals surface area (Å²) in [6, 6.07) is 16.8. The highest BCUT2D eigenvalue weighted by atomic mass is 35.5. The van der Waals surface area contributed by atoms with Gasteiger partial charge in [-0.3, -0.25) is 0 Å². The van der Waals surface area contributed by atoms with E-state index in [1.807, 2.05) is 12.1 Å². The molecule has 0 saturated heterocycles. The summed E-state index contributed by atoms with van der Waals surface area (Å²) in [5.41, 5.74) is 3.85. The number of rotatable bonds is 7. The van der Waals surface area contributed by atoms with Gasteiger partial charge >= 0.3 is 0 Å². The van der Waals surface area contributed by atoms with Gasteiger partial charge in [-0.25, -0.2) is 0 Å². The van der Waals surface area contributed by atoms with Crippen LogP contribution in [0.2, 0.25) is 5.02 Å². The molecular formula is C18H23ClN2. The molecule has 0 bridgehead atoms. The highest BCUT2D eigenvalue weighted by Crippen LogP contribution is 2.15. The van der Waals surface area contributed by atoms with E-state index in [2.05, 4.69) is 60.5 Å². The van der Waals surface area contributed by atoms with Gasteiger partial charge in [0, 0.05) is 36.9 Å². The maximum absolute atomic E-state index is 5.88. The molecule has 0 aliphatic heterocycles. The van der Waals surface area contributed by atoms with Crippen LogP contribution in [0.4, 0.5) is 5.69 Å². The van der Waals surface area contributed by atoms with Crippen molar-refractivity contribution in [1.29, 1.82) is 0 Å². The summed E-state index contributed by atoms with van der Waals surface area (Å²) in [4.78, 5) is 2.35. The summed E-state index contributed by atoms with van der Waals surface area (Å²) >= 11 is 5.88. The summed E-state index contributed by atoms with van der Waals surface area (Å²) in [6.07, 6.45) is 0. The van der Waals surface area contributed by atoms with Gasteiger partial charge in [0.15, 0.2) is 0 Å². The molecule has 21 heavy (non-hydrogen) atoms. The van der Waals surface area contributed by atoms with Gasteiger partial charge in [-0.05, 0) is 49.2 Å². The van der Waals surface area contributed by atoms with Gasteiger partial charge in [0.25, 0.3) is 0 Å². The zero-order valence-electron chi connectivity index (χ0n) is 12.8. The summed E-state index contributed by atoms with van der Waals surface area (Å²) in [7, 11) is 0. The van der Waals surface area contributed by atoms with Crippen LogP contribution < -0.4 is 10.2 Å². The average molecular weight is 303 g/mol. The van der Waals surface area contributed by atoms with E-state index in [-0.39, 0.29) is 0 Å². The lowest BCUT2D eigenvalue weighted by atomic mass is 10.1. The minimum atomic E-state index is 0.783. The Kier molecular flexibility index (Phi) is 6.09. The van der Waals surface area contributed by atoms with Crippen LogP contribution in [0.3, 0.4) is 0 Å². The van der Waals surface area contributed by atoms with Gasteiger partial charge in [-0.2, -0.15) is 0 Å². The third-order valence-corrected chi connectivity index (χ3v) is 3.89. The van der Waals surface area contributed by atoms with E-state index in [1.54, 1.807) is 0 Å². The molecule has 0 amide bonds. The zero-order chi connectivity index (χ0) is 15.1. The molecule has 2 aromatic rings. The molecule has 1 N–H and O–H groups in total. The molecule has 0 aliphatic carbocycles. The molecule has 0 atom stereocenters. The topological polar surface area (TPSA) is 15.3 Å². The van der Waals surface area contributed by atoms with Crippen molar-refractivity contribution < 1.29 is 0 Å². The Hall–Kier alpha value is -1.51. The van der Waals surface area contributed by atoms with Crippen molar-refractivity contribution in [3.05, 3.63) is 64.7 Å². The van der Waals surface area contributed by atoms with Crippen LogP contribution >= 0.6 is 11.6 Å². The van der Waals surface area contributed by atoms with Gasteiger partial charge in [-0.15, -0.1) is 0 Å². The smallest absolute Gasteiger partial charge is 0.0406 e. The molecule has 0 heterocycles. The van der Waals surface area contributed by atoms with Gasteiger partial charge in [0.2, 0.25) is 0 Å². The van der Waals surface area contributed by atoms with Gasteiger partial charge in [0.05, 0.1) is 0 Å². The predicted octanol–water partition coefficient (Wildman–Crippen LogP) is 4.48. The summed E-state index contributed by atoms with van der Waals surface area (Å²) in [6.45, 7) is 8.20. The number of nitrogens with zero attached hydrogens (tertiary/aromatic N) is 1. The summed E-state index contributed by atoms with van der Waals surface area (Å²) in [5.74, 6) is 0. The molecule has 0 unspecified atom stereocenters. The van der Waals surface area contributed by atoms with Gasteiger partial charge in [0.1, 0.15) is 0 Å². The van der Waals surface area contributed by atoms with E-state index in [0.717, 1.165) is 31.2 Å². The minimum Gasteiger partial charge on any atom is -0.372 e. The number of nitrogens with one attached hydrogen (secondary N) is 1. The van der Waals surface area contributed by atoms with Gasteiger partial charge < -0.3 is 10.2 Å². The first-order valence-corrected chi connectivity index (χ1v) is 7.89. The Balaban J connectivity index is 1.84. The lowest BCUT2D eigenvalue weighted by molar-refractivity contribution is 0.693. The molecule has 0 aliphatic rings. The molecule has 3 heteroatoms. The van der Waals surface area contributed by atoms with E-state index in [4.69, 9.17) is 11.6 Å². The molecule has 0 radical (unpaired) electrons. The third kappa shape index (κ3) is 4.76. The van der Waals surface area contributed by atoms with Crippen LogP contribution in [0, 0.1) is 0 Å². The first kappa shape index (κ1) is 15.9. The van der Waals surface area contributed by atoms with Crippen molar-refractivity contribution in [2.75, 3.05) is 18.0 Å². The van der Waals surface area contributed by atoms with Crippen molar-refractivity contribution in [3.63, 3.8) is 0 Å². The lowest BCUT2D eigenvalue weighted by Gasteiger charge is -2.21. The van der Waals surface area contributed by atoms with Crippen LogP contribution in [0.25, 0.3) is 0 Å². The molecule has 0 spiro atoms. The number of halogens is 1. The van der Waals surface area contributed by atoms with Crippen molar-refractivity contribution >= 4 is 17.3 Å². The van der Waals surface area contributed by atoms with E-state index < -0.39 is 0 Å². The standard InChI is InChI=1S/C18H23ClN2/c1-3-21(4-2)18-11-7-16(8-12-18)14-20-13-15-5-9-17(19)10-6-15/h5-12,20H,3-4,13-14H2,1-2H3. The molecule has 2 nitrogen and oxygen atoms in total. The average Bonchev–Trinajstić information content (AvgIpc) is 2.52. The summed E-state index contributed by atoms with van der Waals surface area (Å²) < 4.78 is 0. The highest BCUT2D eigenvalue weighted by Gasteiger charge is 2.01. The zero-order valence-corrected chi connectivity index (χ0v) is 13.5. The fourth-order valence-corrected chi connectivity index (χ4v) is 2.49. The van der Waals surface area contributed by atoms with Crippen LogP contribution in [0.5, 0.6) is 0 Å². The predicted molar refractivity (Wildman–Crippen MR) is 92.0 cm³/mol. The Morgan fingerprint density at radius 3 is 1.76 bits per heavy atom. The quantitative estimate of drug-likeness (QED) is 0.811. The van der Waals surface area contributed by atoms with E-state index in [9.17, 15) is 0 Å². The molecular weight excluding hydrogens is 280 g/mol. The lowest BCUT2D eigenvalue weighted by Crippen LogP contribution is -2.21. The molecule has 2 aromatic carbocycles. The largest absolute Gasteiger partial charge is 0.372 e. The fourth-order valence-electron chi connectivity index (χ4n) is 2.37. The Bertz CT molecular complexity index is 530. The van der Waals surface area contributed by atoms with E-state index >= 15 is 0 Å². The van der Waals surface area contributed by atoms with Gasteiger partial charge in [-0.1, -0.05) is 35.9 Å². The Morgan fingerprint density at radius 2 is 1.29 bits per heavy atom. The molecule has 112 valence electrons. The highest BCUT2D eigenvalue weighted by molar-refractivity contribution is 6.30. The number of hydrogen-bond donors (Lipinski definition) is 1. The van der Waals surface area contributed by atoms with Crippen molar-refractivity contribution in [1.82, 2.24) is 5.32 Å². The number of hydrogen-bond acceptors (Lipinski definition) is 2. The molecule has 0 fully saturated rings.